The second-order valence-corrected chi connectivity index (χ2v) is 7.72. The number of nitrogens with one attached hydrogen (secondary N) is 1. The number of amides is 1. The van der Waals surface area contributed by atoms with Crippen molar-refractivity contribution in [2.24, 2.45) is 0 Å². The maximum absolute atomic E-state index is 12.2. The summed E-state index contributed by atoms with van der Waals surface area (Å²) in [4.78, 5) is 16.9. The number of benzene rings is 2. The van der Waals surface area contributed by atoms with E-state index in [1.807, 2.05) is 18.2 Å². The number of hydrogen-bond acceptors (Lipinski definition) is 4. The normalized spacial score (nSPS) is 15.2. The number of hydrogen-bond donors (Lipinski definition) is 1. The zero-order valence-electron chi connectivity index (χ0n) is 17.5. The number of nitrogens with zero attached hydrogens (tertiary/aromatic N) is 2. The summed E-state index contributed by atoms with van der Waals surface area (Å²) in [5.41, 5.74) is 2.58. The van der Waals surface area contributed by atoms with E-state index in [0.717, 1.165) is 51.3 Å². The van der Waals surface area contributed by atoms with E-state index in [-0.39, 0.29) is 5.91 Å². The summed E-state index contributed by atoms with van der Waals surface area (Å²) in [6.45, 7) is 8.88. The molecule has 0 aliphatic carbocycles. The Balaban J connectivity index is 1.23. The molecule has 2 aromatic carbocycles. The van der Waals surface area contributed by atoms with Gasteiger partial charge in [-0.1, -0.05) is 42.5 Å². The Labute approximate surface area is 174 Å². The molecule has 0 spiro atoms. The van der Waals surface area contributed by atoms with Gasteiger partial charge in [0.05, 0.1) is 13.2 Å². The molecule has 5 heteroatoms. The van der Waals surface area contributed by atoms with Gasteiger partial charge in [-0.2, -0.15) is 0 Å². The van der Waals surface area contributed by atoms with Crippen LogP contribution in [0, 0.1) is 6.92 Å². The number of piperazine rings is 1. The number of rotatable bonds is 10. The summed E-state index contributed by atoms with van der Waals surface area (Å²) in [6, 6.07) is 18.7. The molecule has 5 nitrogen and oxygen atoms in total. The average molecular weight is 396 g/mol. The molecule has 0 bridgehead atoms. The molecular formula is C24H33N3O2. The summed E-state index contributed by atoms with van der Waals surface area (Å²) in [5.74, 6) is 1.000. The van der Waals surface area contributed by atoms with Crippen LogP contribution < -0.4 is 10.1 Å². The fraction of sp³-hybridized carbons (Fsp3) is 0.458. The highest BCUT2D eigenvalue weighted by molar-refractivity contribution is 5.77. The first-order chi connectivity index (χ1) is 14.2. The van der Waals surface area contributed by atoms with Gasteiger partial charge >= 0.3 is 0 Å². The third-order valence-corrected chi connectivity index (χ3v) is 5.29. The third kappa shape index (κ3) is 7.87. The van der Waals surface area contributed by atoms with E-state index < -0.39 is 0 Å². The first-order valence-corrected chi connectivity index (χ1v) is 10.6. The predicted molar refractivity (Wildman–Crippen MR) is 117 cm³/mol. The average Bonchev–Trinajstić information content (AvgIpc) is 2.74. The molecule has 29 heavy (non-hydrogen) atoms. The molecule has 1 N–H and O–H groups in total. The molecule has 0 aromatic heterocycles. The summed E-state index contributed by atoms with van der Waals surface area (Å²) < 4.78 is 5.72. The zero-order valence-corrected chi connectivity index (χ0v) is 17.5. The van der Waals surface area contributed by atoms with E-state index in [4.69, 9.17) is 4.74 Å². The van der Waals surface area contributed by atoms with Crippen LogP contribution in [-0.4, -0.2) is 68.1 Å². The van der Waals surface area contributed by atoms with Gasteiger partial charge in [-0.25, -0.2) is 0 Å². The summed E-state index contributed by atoms with van der Waals surface area (Å²) in [5, 5.41) is 3.01. The molecule has 2 aromatic rings. The van der Waals surface area contributed by atoms with Gasteiger partial charge < -0.3 is 15.0 Å². The van der Waals surface area contributed by atoms with Gasteiger partial charge in [-0.05, 0) is 43.0 Å². The Morgan fingerprint density at radius 3 is 2.52 bits per heavy atom. The molecule has 0 atom stereocenters. The van der Waals surface area contributed by atoms with Gasteiger partial charge in [0.1, 0.15) is 5.75 Å². The lowest BCUT2D eigenvalue weighted by molar-refractivity contribution is -0.122. The van der Waals surface area contributed by atoms with Crippen LogP contribution in [0.3, 0.4) is 0 Å². The molecule has 156 valence electrons. The molecule has 1 amide bonds. The standard InChI is InChI=1S/C24H33N3O2/c1-21-7-5-10-23(19-21)29-18-6-12-25-24(28)20-27-16-14-26(15-17-27)13-11-22-8-3-2-4-9-22/h2-5,7-10,19H,6,11-18,20H2,1H3,(H,25,28). The molecule has 1 aliphatic heterocycles. The van der Waals surface area contributed by atoms with Gasteiger partial charge in [0.15, 0.2) is 0 Å². The molecule has 1 fully saturated rings. The smallest absolute Gasteiger partial charge is 0.234 e. The quantitative estimate of drug-likeness (QED) is 0.629. The topological polar surface area (TPSA) is 44.8 Å². The van der Waals surface area contributed by atoms with Crippen LogP contribution in [0.15, 0.2) is 54.6 Å². The highest BCUT2D eigenvalue weighted by Crippen LogP contribution is 2.12. The molecular weight excluding hydrogens is 362 g/mol. The Hall–Kier alpha value is -2.37. The van der Waals surface area contributed by atoms with Crippen LogP contribution in [0.5, 0.6) is 5.75 Å². The fourth-order valence-electron chi connectivity index (χ4n) is 3.56. The maximum atomic E-state index is 12.2. The fourth-order valence-corrected chi connectivity index (χ4v) is 3.56. The summed E-state index contributed by atoms with van der Waals surface area (Å²) in [6.07, 6.45) is 1.90. The molecule has 1 heterocycles. The Kier molecular flexibility index (Phi) is 8.53. The first-order valence-electron chi connectivity index (χ1n) is 10.6. The van der Waals surface area contributed by atoms with Crippen molar-refractivity contribution in [3.05, 3.63) is 65.7 Å². The number of carbonyl (C=O) groups excluding carboxylic acids is 1. The lowest BCUT2D eigenvalue weighted by atomic mass is 10.1. The molecule has 0 unspecified atom stereocenters. The van der Waals surface area contributed by atoms with Gasteiger partial charge in [-0.15, -0.1) is 0 Å². The molecule has 1 saturated heterocycles. The van der Waals surface area contributed by atoms with E-state index in [0.29, 0.717) is 19.7 Å². The van der Waals surface area contributed by atoms with E-state index in [2.05, 4.69) is 58.4 Å². The maximum Gasteiger partial charge on any atom is 0.234 e. The Morgan fingerprint density at radius 1 is 1.00 bits per heavy atom. The lowest BCUT2D eigenvalue weighted by Gasteiger charge is -2.34. The van der Waals surface area contributed by atoms with Crippen LogP contribution in [0.2, 0.25) is 0 Å². The van der Waals surface area contributed by atoms with Crippen LogP contribution >= 0.6 is 0 Å². The SMILES string of the molecule is Cc1cccc(OCCCNC(=O)CN2CCN(CCc3ccccc3)CC2)c1. The third-order valence-electron chi connectivity index (χ3n) is 5.29. The molecule has 0 saturated carbocycles. The van der Waals surface area contributed by atoms with Gasteiger partial charge in [0.25, 0.3) is 0 Å². The van der Waals surface area contributed by atoms with E-state index in [9.17, 15) is 4.79 Å². The Bertz CT molecular complexity index is 743. The minimum absolute atomic E-state index is 0.110. The second-order valence-electron chi connectivity index (χ2n) is 7.72. The lowest BCUT2D eigenvalue weighted by Crippen LogP contribution is -2.49. The zero-order chi connectivity index (χ0) is 20.3. The van der Waals surface area contributed by atoms with Crippen LogP contribution in [-0.2, 0) is 11.2 Å². The minimum Gasteiger partial charge on any atom is -0.494 e. The predicted octanol–water partition coefficient (Wildman–Crippen LogP) is 2.74. The molecule has 0 radical (unpaired) electrons. The van der Waals surface area contributed by atoms with E-state index in [1.54, 1.807) is 0 Å². The van der Waals surface area contributed by atoms with Crippen molar-refractivity contribution < 1.29 is 9.53 Å². The van der Waals surface area contributed by atoms with Crippen LogP contribution in [0.4, 0.5) is 0 Å². The van der Waals surface area contributed by atoms with Crippen molar-refractivity contribution in [1.29, 1.82) is 0 Å². The largest absolute Gasteiger partial charge is 0.494 e. The van der Waals surface area contributed by atoms with Crippen molar-refractivity contribution in [1.82, 2.24) is 15.1 Å². The van der Waals surface area contributed by atoms with Gasteiger partial charge in [-0.3, -0.25) is 9.69 Å². The van der Waals surface area contributed by atoms with E-state index in [1.165, 1.54) is 11.1 Å². The number of carbonyl (C=O) groups is 1. The van der Waals surface area contributed by atoms with Gasteiger partial charge in [0, 0.05) is 39.3 Å². The second kappa shape index (κ2) is 11.6. The van der Waals surface area contributed by atoms with Crippen molar-refractivity contribution in [3.8, 4) is 5.75 Å². The highest BCUT2D eigenvalue weighted by atomic mass is 16.5. The first kappa shape index (κ1) is 21.3. The monoisotopic (exact) mass is 395 g/mol. The van der Waals surface area contributed by atoms with Crippen molar-refractivity contribution in [2.45, 2.75) is 19.8 Å². The Morgan fingerprint density at radius 2 is 1.76 bits per heavy atom. The van der Waals surface area contributed by atoms with Crippen molar-refractivity contribution >= 4 is 5.91 Å². The van der Waals surface area contributed by atoms with Crippen molar-refractivity contribution in [2.75, 3.05) is 52.4 Å². The summed E-state index contributed by atoms with van der Waals surface area (Å²) in [7, 11) is 0. The van der Waals surface area contributed by atoms with E-state index >= 15 is 0 Å². The highest BCUT2D eigenvalue weighted by Gasteiger charge is 2.18. The number of ether oxygens (including phenoxy) is 1. The summed E-state index contributed by atoms with van der Waals surface area (Å²) >= 11 is 0. The minimum atomic E-state index is 0.110. The van der Waals surface area contributed by atoms with Gasteiger partial charge in [0.2, 0.25) is 5.91 Å². The van der Waals surface area contributed by atoms with Crippen LogP contribution in [0.1, 0.15) is 17.5 Å². The number of aryl methyl sites for hydroxylation is 1. The molecule has 1 aliphatic rings. The van der Waals surface area contributed by atoms with Crippen molar-refractivity contribution in [3.63, 3.8) is 0 Å². The van der Waals surface area contributed by atoms with Crippen LogP contribution in [0.25, 0.3) is 0 Å². The molecule has 3 rings (SSSR count).